The van der Waals surface area contributed by atoms with Crippen LogP contribution in [0.15, 0.2) is 11.9 Å². The molecule has 1 aliphatic heterocycles. The number of hydrogen-bond donors (Lipinski definition) is 0. The zero-order chi connectivity index (χ0) is 8.97. The molecule has 0 bridgehead atoms. The second kappa shape index (κ2) is 4.24. The predicted octanol–water partition coefficient (Wildman–Crippen LogP) is 1.69. The molecule has 2 nitrogen and oxygen atoms in total. The van der Waals surface area contributed by atoms with Crippen LogP contribution in [-0.4, -0.2) is 23.9 Å². The van der Waals surface area contributed by atoms with Crippen LogP contribution in [0.25, 0.3) is 0 Å². The van der Waals surface area contributed by atoms with E-state index >= 15 is 0 Å². The van der Waals surface area contributed by atoms with Crippen LogP contribution in [0.1, 0.15) is 19.8 Å². The average molecular weight is 170 g/mol. The fourth-order valence-corrected chi connectivity index (χ4v) is 1.22. The number of rotatable bonds is 1. The number of halogens is 1. The molecular formula is C9H13FNO. The fraction of sp³-hybridized carbons (Fsp3) is 0.556. The fourth-order valence-electron chi connectivity index (χ4n) is 1.22. The molecule has 3 heteroatoms. The van der Waals surface area contributed by atoms with Crippen LogP contribution in [-0.2, 0) is 4.79 Å². The van der Waals surface area contributed by atoms with Crippen molar-refractivity contribution < 1.29 is 9.18 Å². The van der Waals surface area contributed by atoms with Gasteiger partial charge in [-0.25, -0.2) is 4.39 Å². The summed E-state index contributed by atoms with van der Waals surface area (Å²) in [6, 6.07) is 0. The highest BCUT2D eigenvalue weighted by Gasteiger charge is 2.19. The highest BCUT2D eigenvalue weighted by molar-refractivity contribution is 5.91. The summed E-state index contributed by atoms with van der Waals surface area (Å²) < 4.78 is 12.8. The number of allylic oxidation sites excluding steroid dienone is 1. The number of likely N-dealkylation sites (tertiary alicyclic amines) is 1. The number of nitrogens with zero attached hydrogens (tertiary/aromatic N) is 1. The van der Waals surface area contributed by atoms with Gasteiger partial charge in [-0.3, -0.25) is 4.79 Å². The van der Waals surface area contributed by atoms with Crippen molar-refractivity contribution in [3.05, 3.63) is 18.3 Å². The monoisotopic (exact) mass is 170 g/mol. The highest BCUT2D eigenvalue weighted by Crippen LogP contribution is 2.11. The van der Waals surface area contributed by atoms with E-state index in [0.29, 0.717) is 13.1 Å². The van der Waals surface area contributed by atoms with Crippen molar-refractivity contribution in [2.75, 3.05) is 13.1 Å². The summed E-state index contributed by atoms with van der Waals surface area (Å²) in [5, 5.41) is 0. The molecule has 1 saturated heterocycles. The lowest BCUT2D eigenvalue weighted by atomic mass is 10.1. The summed E-state index contributed by atoms with van der Waals surface area (Å²) >= 11 is 0. The van der Waals surface area contributed by atoms with Gasteiger partial charge in [-0.15, -0.1) is 0 Å². The van der Waals surface area contributed by atoms with Crippen LogP contribution < -0.4 is 0 Å². The zero-order valence-electron chi connectivity index (χ0n) is 7.22. The maximum atomic E-state index is 12.8. The lowest BCUT2D eigenvalue weighted by Gasteiger charge is -2.25. The van der Waals surface area contributed by atoms with E-state index in [4.69, 9.17) is 0 Å². The van der Waals surface area contributed by atoms with Crippen molar-refractivity contribution >= 4 is 5.91 Å². The van der Waals surface area contributed by atoms with Crippen molar-refractivity contribution in [3.8, 4) is 0 Å². The molecule has 1 radical (unpaired) electrons. The third-order valence-corrected chi connectivity index (χ3v) is 1.93. The Morgan fingerprint density at radius 2 is 2.42 bits per heavy atom. The van der Waals surface area contributed by atoms with Gasteiger partial charge in [0.15, 0.2) is 5.83 Å². The second-order valence-electron chi connectivity index (χ2n) is 2.82. The van der Waals surface area contributed by atoms with E-state index in [-0.39, 0.29) is 0 Å². The van der Waals surface area contributed by atoms with Crippen molar-refractivity contribution in [3.63, 3.8) is 0 Å². The minimum atomic E-state index is -0.648. The van der Waals surface area contributed by atoms with Crippen molar-refractivity contribution in [2.45, 2.75) is 19.8 Å². The maximum Gasteiger partial charge on any atom is 0.282 e. The van der Waals surface area contributed by atoms with E-state index in [9.17, 15) is 9.18 Å². The van der Waals surface area contributed by atoms with E-state index in [1.807, 2.05) is 6.42 Å². The summed E-state index contributed by atoms with van der Waals surface area (Å²) in [5.41, 5.74) is 0. The third kappa shape index (κ3) is 2.06. The van der Waals surface area contributed by atoms with E-state index in [0.717, 1.165) is 12.8 Å². The molecule has 1 rings (SSSR count). The molecule has 0 aromatic carbocycles. The van der Waals surface area contributed by atoms with Crippen LogP contribution in [0.4, 0.5) is 4.39 Å². The molecule has 1 amide bonds. The summed E-state index contributed by atoms with van der Waals surface area (Å²) in [7, 11) is 0. The van der Waals surface area contributed by atoms with Crippen LogP contribution in [0.3, 0.4) is 0 Å². The van der Waals surface area contributed by atoms with Gasteiger partial charge in [0.2, 0.25) is 0 Å². The molecule has 67 valence electrons. The molecule has 1 fully saturated rings. The SMILES string of the molecule is CC=C(F)C(=O)N1C[CH]CCC1. The lowest BCUT2D eigenvalue weighted by molar-refractivity contribution is -0.128. The van der Waals surface area contributed by atoms with Gasteiger partial charge in [-0.1, -0.05) is 0 Å². The number of hydrogen-bond acceptors (Lipinski definition) is 1. The van der Waals surface area contributed by atoms with Gasteiger partial charge in [0.05, 0.1) is 0 Å². The van der Waals surface area contributed by atoms with Gasteiger partial charge >= 0.3 is 0 Å². The average Bonchev–Trinajstić information content (AvgIpc) is 2.17. The predicted molar refractivity (Wildman–Crippen MR) is 45.0 cm³/mol. The quantitative estimate of drug-likeness (QED) is 0.548. The Hall–Kier alpha value is -0.860. The second-order valence-corrected chi connectivity index (χ2v) is 2.82. The molecule has 0 aromatic heterocycles. The first-order chi connectivity index (χ1) is 5.75. The van der Waals surface area contributed by atoms with Crippen LogP contribution in [0.2, 0.25) is 0 Å². The van der Waals surface area contributed by atoms with Gasteiger partial charge in [0.1, 0.15) is 0 Å². The Balaban J connectivity index is 2.51. The Bertz CT molecular complexity index is 195. The third-order valence-electron chi connectivity index (χ3n) is 1.93. The minimum absolute atomic E-state index is 0.478. The minimum Gasteiger partial charge on any atom is -0.336 e. The molecule has 0 atom stereocenters. The van der Waals surface area contributed by atoms with Gasteiger partial charge in [-0.05, 0) is 32.3 Å². The standard InChI is InChI=1S/C9H13FNO/c1-2-8(10)9(12)11-6-4-3-5-7-11/h2,4H,3,5-7H2,1H3. The topological polar surface area (TPSA) is 20.3 Å². The zero-order valence-corrected chi connectivity index (χ0v) is 7.22. The van der Waals surface area contributed by atoms with Crippen molar-refractivity contribution in [2.24, 2.45) is 0 Å². The summed E-state index contributed by atoms with van der Waals surface area (Å²) in [6.45, 7) is 2.79. The first-order valence-corrected chi connectivity index (χ1v) is 4.18. The van der Waals surface area contributed by atoms with Gasteiger partial charge in [-0.2, -0.15) is 0 Å². The van der Waals surface area contributed by atoms with E-state index in [1.165, 1.54) is 17.9 Å². The first kappa shape index (κ1) is 9.23. The molecule has 0 unspecified atom stereocenters. The summed E-state index contributed by atoms with van der Waals surface area (Å²) in [5.74, 6) is -1.13. The smallest absolute Gasteiger partial charge is 0.282 e. The number of carbonyl (C=O) groups is 1. The van der Waals surface area contributed by atoms with Crippen molar-refractivity contribution in [1.82, 2.24) is 4.90 Å². The molecule has 0 aliphatic carbocycles. The van der Waals surface area contributed by atoms with Crippen molar-refractivity contribution in [1.29, 1.82) is 0 Å². The summed E-state index contributed by atoms with van der Waals surface area (Å²) in [6.07, 6.45) is 5.19. The largest absolute Gasteiger partial charge is 0.336 e. The molecule has 0 N–H and O–H groups in total. The van der Waals surface area contributed by atoms with Crippen LogP contribution >= 0.6 is 0 Å². The van der Waals surface area contributed by atoms with Gasteiger partial charge < -0.3 is 4.90 Å². The van der Waals surface area contributed by atoms with E-state index < -0.39 is 11.7 Å². The normalized spacial score (nSPS) is 19.5. The molecule has 0 saturated carbocycles. The van der Waals surface area contributed by atoms with Crippen LogP contribution in [0.5, 0.6) is 0 Å². The first-order valence-electron chi connectivity index (χ1n) is 4.18. The lowest BCUT2D eigenvalue weighted by Crippen LogP contribution is -2.36. The number of amides is 1. The van der Waals surface area contributed by atoms with Crippen LogP contribution in [0, 0.1) is 6.42 Å². The van der Waals surface area contributed by atoms with E-state index in [1.54, 1.807) is 0 Å². The molecule has 0 spiro atoms. The highest BCUT2D eigenvalue weighted by atomic mass is 19.1. The molecule has 12 heavy (non-hydrogen) atoms. The number of piperidine rings is 1. The molecule has 1 heterocycles. The maximum absolute atomic E-state index is 12.8. The van der Waals surface area contributed by atoms with Gasteiger partial charge in [0.25, 0.3) is 5.91 Å². The number of carbonyl (C=O) groups excluding carboxylic acids is 1. The van der Waals surface area contributed by atoms with Gasteiger partial charge in [0, 0.05) is 13.1 Å². The molecular weight excluding hydrogens is 157 g/mol. The Kier molecular flexibility index (Phi) is 3.26. The Morgan fingerprint density at radius 3 is 2.92 bits per heavy atom. The Morgan fingerprint density at radius 1 is 1.67 bits per heavy atom. The Labute approximate surface area is 72.1 Å². The summed E-state index contributed by atoms with van der Waals surface area (Å²) in [4.78, 5) is 12.7. The molecule has 0 aromatic rings. The van der Waals surface area contributed by atoms with E-state index in [2.05, 4.69) is 0 Å². The molecule has 1 aliphatic rings.